The van der Waals surface area contributed by atoms with Gasteiger partial charge in [-0.3, -0.25) is 19.2 Å². The fourth-order valence-electron chi connectivity index (χ4n) is 1.16. The average molecular weight is 260 g/mol. The number of carbonyl (C=O) groups excluding carboxylic acids is 2. The van der Waals surface area contributed by atoms with Gasteiger partial charge in [-0.25, -0.2) is 0 Å². The number of aliphatic carboxylic acids is 2. The molecule has 0 heterocycles. The Morgan fingerprint density at radius 1 is 1.11 bits per heavy atom. The second-order valence-corrected chi connectivity index (χ2v) is 3.75. The number of carboxylic acids is 2. The molecular weight excluding hydrogens is 244 g/mol. The van der Waals surface area contributed by atoms with Gasteiger partial charge in [0.2, 0.25) is 11.8 Å². The Morgan fingerprint density at radius 3 is 2.06 bits per heavy atom. The van der Waals surface area contributed by atoms with Crippen LogP contribution in [0.15, 0.2) is 0 Å². The van der Waals surface area contributed by atoms with Crippen LogP contribution in [0, 0.1) is 0 Å². The van der Waals surface area contributed by atoms with Gasteiger partial charge in [0.25, 0.3) is 0 Å². The highest BCUT2D eigenvalue weighted by Crippen LogP contribution is 1.99. The molecule has 0 bridgehead atoms. The number of rotatable bonds is 7. The summed E-state index contributed by atoms with van der Waals surface area (Å²) in [5.74, 6) is -3.54. The highest BCUT2D eigenvalue weighted by molar-refractivity contribution is 5.90. The molecule has 0 unspecified atom stereocenters. The predicted octanol–water partition coefficient (Wildman–Crippen LogP) is -1.05. The summed E-state index contributed by atoms with van der Waals surface area (Å²) in [4.78, 5) is 43.4. The van der Waals surface area contributed by atoms with Crippen LogP contribution in [0.4, 0.5) is 0 Å². The first-order valence-corrected chi connectivity index (χ1v) is 5.26. The van der Waals surface area contributed by atoms with Crippen LogP contribution in [0.3, 0.4) is 0 Å². The topological polar surface area (TPSA) is 133 Å². The number of hydrogen-bond acceptors (Lipinski definition) is 4. The Bertz CT molecular complexity index is 354. The number of hydrogen-bond donors (Lipinski definition) is 4. The molecule has 0 aromatic heterocycles. The van der Waals surface area contributed by atoms with Crippen molar-refractivity contribution in [2.45, 2.75) is 38.8 Å². The quantitative estimate of drug-likeness (QED) is 0.461. The number of carbonyl (C=O) groups is 4. The van der Waals surface area contributed by atoms with Gasteiger partial charge in [-0.2, -0.15) is 0 Å². The summed E-state index contributed by atoms with van der Waals surface area (Å²) < 4.78 is 0. The van der Waals surface area contributed by atoms with Crippen molar-refractivity contribution < 1.29 is 29.4 Å². The van der Waals surface area contributed by atoms with Gasteiger partial charge in [0, 0.05) is 13.3 Å². The molecule has 18 heavy (non-hydrogen) atoms. The zero-order valence-electron chi connectivity index (χ0n) is 10.1. The Labute approximate surface area is 103 Å². The Hall–Kier alpha value is -2.12. The summed E-state index contributed by atoms with van der Waals surface area (Å²) in [6.07, 6.45) is -0.410. The zero-order valence-corrected chi connectivity index (χ0v) is 10.1. The molecule has 102 valence electrons. The van der Waals surface area contributed by atoms with Crippen LogP contribution in [0.1, 0.15) is 26.7 Å². The van der Waals surface area contributed by atoms with Crippen molar-refractivity contribution in [2.75, 3.05) is 0 Å². The molecule has 0 saturated carbocycles. The lowest BCUT2D eigenvalue weighted by Crippen LogP contribution is -2.50. The molecule has 0 aromatic rings. The standard InChI is InChI=1S/C10H16N2O6/c1-5(10(17)18)11-9(16)7(12-6(2)13)3-4-8(14)15/h5,7H,3-4H2,1-2H3,(H,11,16)(H,12,13)(H,14,15)(H,17,18)/t5-,7-/m0/s1. The van der Waals surface area contributed by atoms with E-state index in [9.17, 15) is 19.2 Å². The predicted molar refractivity (Wildman–Crippen MR) is 59.7 cm³/mol. The third kappa shape index (κ3) is 6.46. The molecule has 0 aliphatic heterocycles. The van der Waals surface area contributed by atoms with E-state index in [0.717, 1.165) is 0 Å². The van der Waals surface area contributed by atoms with Gasteiger partial charge < -0.3 is 20.8 Å². The third-order valence-electron chi connectivity index (χ3n) is 2.07. The Morgan fingerprint density at radius 2 is 1.67 bits per heavy atom. The van der Waals surface area contributed by atoms with E-state index in [2.05, 4.69) is 10.6 Å². The van der Waals surface area contributed by atoms with Gasteiger partial charge in [0.15, 0.2) is 0 Å². The molecule has 0 saturated heterocycles. The smallest absolute Gasteiger partial charge is 0.325 e. The van der Waals surface area contributed by atoms with E-state index in [0.29, 0.717) is 0 Å². The highest BCUT2D eigenvalue weighted by Gasteiger charge is 2.23. The number of nitrogens with one attached hydrogen (secondary N) is 2. The van der Waals surface area contributed by atoms with Crippen LogP contribution in [-0.4, -0.2) is 46.0 Å². The maximum atomic E-state index is 11.6. The van der Waals surface area contributed by atoms with Crippen molar-refractivity contribution >= 4 is 23.8 Å². The zero-order chi connectivity index (χ0) is 14.3. The summed E-state index contributed by atoms with van der Waals surface area (Å²) in [5.41, 5.74) is 0. The van der Waals surface area contributed by atoms with Gasteiger partial charge >= 0.3 is 11.9 Å². The van der Waals surface area contributed by atoms with Crippen molar-refractivity contribution in [3.63, 3.8) is 0 Å². The van der Waals surface area contributed by atoms with Crippen LogP contribution in [0.2, 0.25) is 0 Å². The number of carboxylic acid groups (broad SMARTS) is 2. The molecule has 2 amide bonds. The van der Waals surface area contributed by atoms with Crippen LogP contribution >= 0.6 is 0 Å². The molecule has 0 aliphatic rings. The second-order valence-electron chi connectivity index (χ2n) is 3.75. The van der Waals surface area contributed by atoms with Crippen molar-refractivity contribution in [3.05, 3.63) is 0 Å². The normalized spacial score (nSPS) is 13.2. The van der Waals surface area contributed by atoms with Crippen LogP contribution in [-0.2, 0) is 19.2 Å². The van der Waals surface area contributed by atoms with Gasteiger partial charge in [0.1, 0.15) is 12.1 Å². The van der Waals surface area contributed by atoms with E-state index in [-0.39, 0.29) is 12.8 Å². The minimum absolute atomic E-state index is 0.104. The lowest BCUT2D eigenvalue weighted by molar-refractivity contribution is -0.142. The summed E-state index contributed by atoms with van der Waals surface area (Å²) in [7, 11) is 0. The Balaban J connectivity index is 4.53. The SMILES string of the molecule is CC(=O)N[C@@H](CCC(=O)O)C(=O)N[C@@H](C)C(=O)O. The van der Waals surface area contributed by atoms with Gasteiger partial charge in [-0.05, 0) is 13.3 Å². The van der Waals surface area contributed by atoms with E-state index >= 15 is 0 Å². The molecule has 0 radical (unpaired) electrons. The van der Waals surface area contributed by atoms with Crippen molar-refractivity contribution in [2.24, 2.45) is 0 Å². The van der Waals surface area contributed by atoms with E-state index in [1.54, 1.807) is 0 Å². The molecule has 4 N–H and O–H groups in total. The molecule has 0 fully saturated rings. The molecule has 2 atom stereocenters. The lowest BCUT2D eigenvalue weighted by atomic mass is 10.1. The minimum Gasteiger partial charge on any atom is -0.481 e. The van der Waals surface area contributed by atoms with Gasteiger partial charge in [-0.15, -0.1) is 0 Å². The first-order valence-electron chi connectivity index (χ1n) is 5.26. The molecule has 0 rings (SSSR count). The highest BCUT2D eigenvalue weighted by atomic mass is 16.4. The van der Waals surface area contributed by atoms with Gasteiger partial charge in [-0.1, -0.05) is 0 Å². The maximum Gasteiger partial charge on any atom is 0.325 e. The van der Waals surface area contributed by atoms with Crippen LogP contribution < -0.4 is 10.6 Å². The van der Waals surface area contributed by atoms with E-state index in [1.165, 1.54) is 13.8 Å². The fourth-order valence-corrected chi connectivity index (χ4v) is 1.16. The fraction of sp³-hybridized carbons (Fsp3) is 0.600. The van der Waals surface area contributed by atoms with E-state index in [4.69, 9.17) is 10.2 Å². The maximum absolute atomic E-state index is 11.6. The van der Waals surface area contributed by atoms with E-state index in [1.807, 2.05) is 0 Å². The average Bonchev–Trinajstić information content (AvgIpc) is 2.22. The van der Waals surface area contributed by atoms with Gasteiger partial charge in [0.05, 0.1) is 0 Å². The van der Waals surface area contributed by atoms with Crippen LogP contribution in [0.25, 0.3) is 0 Å². The third-order valence-corrected chi connectivity index (χ3v) is 2.07. The first kappa shape index (κ1) is 15.9. The first-order chi connectivity index (χ1) is 8.23. The second kappa shape index (κ2) is 7.25. The molecule has 8 nitrogen and oxygen atoms in total. The lowest BCUT2D eigenvalue weighted by Gasteiger charge is -2.18. The monoisotopic (exact) mass is 260 g/mol. The summed E-state index contributed by atoms with van der Waals surface area (Å²) >= 11 is 0. The summed E-state index contributed by atoms with van der Waals surface area (Å²) in [5, 5.41) is 21.6. The van der Waals surface area contributed by atoms with Crippen molar-refractivity contribution in [1.82, 2.24) is 10.6 Å². The molecule has 0 aliphatic carbocycles. The molecule has 0 aromatic carbocycles. The molecule has 8 heteroatoms. The van der Waals surface area contributed by atoms with E-state index < -0.39 is 35.8 Å². The molecule has 0 spiro atoms. The van der Waals surface area contributed by atoms with Crippen molar-refractivity contribution in [3.8, 4) is 0 Å². The molecular formula is C10H16N2O6. The van der Waals surface area contributed by atoms with Crippen LogP contribution in [0.5, 0.6) is 0 Å². The minimum atomic E-state index is -1.22. The largest absolute Gasteiger partial charge is 0.481 e. The number of amides is 2. The van der Waals surface area contributed by atoms with Crippen molar-refractivity contribution in [1.29, 1.82) is 0 Å². The summed E-state index contributed by atoms with van der Waals surface area (Å²) in [6, 6.07) is -2.17. The Kier molecular flexibility index (Phi) is 6.40. The summed E-state index contributed by atoms with van der Waals surface area (Å²) in [6.45, 7) is 2.45.